The van der Waals surface area contributed by atoms with Gasteiger partial charge in [0.1, 0.15) is 5.76 Å². The summed E-state index contributed by atoms with van der Waals surface area (Å²) in [6, 6.07) is 5.27. The molecule has 0 bridgehead atoms. The third kappa shape index (κ3) is 2.75. The molecule has 2 heterocycles. The topological polar surface area (TPSA) is 80.3 Å². The van der Waals surface area contributed by atoms with E-state index in [-0.39, 0.29) is 17.9 Å². The Morgan fingerprint density at radius 2 is 2.35 bits per heavy atom. The molecule has 2 N–H and O–H groups in total. The first-order chi connectivity index (χ1) is 9.71. The number of aliphatic hydroxyl groups excluding tert-OH is 1. The van der Waals surface area contributed by atoms with Gasteiger partial charge in [0.05, 0.1) is 13.2 Å². The van der Waals surface area contributed by atoms with Crippen LogP contribution >= 0.6 is 0 Å². The molecule has 0 saturated heterocycles. The standard InChI is InChI=1S/C14H17N3O3/c18-10-14(4-5-14)9-15-13(19)12-3-2-11(20-12)8-17-7-1-6-16-17/h1-3,6-7,18H,4-5,8-10H2,(H,15,19). The molecule has 1 saturated carbocycles. The molecule has 0 radical (unpaired) electrons. The number of hydrogen-bond donors (Lipinski definition) is 2. The van der Waals surface area contributed by atoms with Crippen LogP contribution in [0, 0.1) is 5.41 Å². The molecular weight excluding hydrogens is 258 g/mol. The molecule has 106 valence electrons. The van der Waals surface area contributed by atoms with Crippen molar-refractivity contribution in [1.29, 1.82) is 0 Å². The second-order valence-electron chi connectivity index (χ2n) is 5.31. The molecule has 1 aliphatic rings. The van der Waals surface area contributed by atoms with Crippen LogP contribution in [0.2, 0.25) is 0 Å². The van der Waals surface area contributed by atoms with Crippen LogP contribution < -0.4 is 5.32 Å². The van der Waals surface area contributed by atoms with Crippen molar-refractivity contribution in [2.24, 2.45) is 5.41 Å². The maximum absolute atomic E-state index is 11.9. The Bertz CT molecular complexity index is 585. The SMILES string of the molecule is O=C(NCC1(CO)CC1)c1ccc(Cn2cccn2)o1. The van der Waals surface area contributed by atoms with Gasteiger partial charge in [0, 0.05) is 24.4 Å². The first kappa shape index (κ1) is 12.9. The minimum Gasteiger partial charge on any atom is -0.454 e. The molecule has 6 nitrogen and oxygen atoms in total. The quantitative estimate of drug-likeness (QED) is 0.825. The summed E-state index contributed by atoms with van der Waals surface area (Å²) in [7, 11) is 0. The number of nitrogens with zero attached hydrogens (tertiary/aromatic N) is 2. The van der Waals surface area contributed by atoms with Crippen LogP contribution in [0.5, 0.6) is 0 Å². The van der Waals surface area contributed by atoms with Crippen LogP contribution in [-0.4, -0.2) is 33.9 Å². The summed E-state index contributed by atoms with van der Waals surface area (Å²) >= 11 is 0. The van der Waals surface area contributed by atoms with Crippen molar-refractivity contribution in [3.8, 4) is 0 Å². The van der Waals surface area contributed by atoms with E-state index < -0.39 is 0 Å². The van der Waals surface area contributed by atoms with Crippen molar-refractivity contribution >= 4 is 5.91 Å². The zero-order valence-corrected chi connectivity index (χ0v) is 11.1. The highest BCUT2D eigenvalue weighted by atomic mass is 16.4. The number of aliphatic hydroxyl groups is 1. The van der Waals surface area contributed by atoms with Gasteiger partial charge < -0.3 is 14.8 Å². The summed E-state index contributed by atoms with van der Waals surface area (Å²) in [5, 5.41) is 16.1. The highest BCUT2D eigenvalue weighted by Gasteiger charge is 2.42. The zero-order valence-electron chi connectivity index (χ0n) is 11.1. The molecule has 0 aliphatic heterocycles. The monoisotopic (exact) mass is 275 g/mol. The second-order valence-corrected chi connectivity index (χ2v) is 5.31. The number of carbonyl (C=O) groups excluding carboxylic acids is 1. The molecule has 6 heteroatoms. The van der Waals surface area contributed by atoms with Crippen molar-refractivity contribution in [2.45, 2.75) is 19.4 Å². The predicted molar refractivity (Wildman–Crippen MR) is 71.1 cm³/mol. The van der Waals surface area contributed by atoms with Crippen molar-refractivity contribution in [2.75, 3.05) is 13.2 Å². The lowest BCUT2D eigenvalue weighted by atomic mass is 10.1. The summed E-state index contributed by atoms with van der Waals surface area (Å²) in [6.07, 6.45) is 5.46. The van der Waals surface area contributed by atoms with Gasteiger partial charge in [-0.15, -0.1) is 0 Å². The van der Waals surface area contributed by atoms with Gasteiger partial charge in [-0.1, -0.05) is 0 Å². The molecule has 3 rings (SSSR count). The smallest absolute Gasteiger partial charge is 0.287 e. The second kappa shape index (κ2) is 5.13. The summed E-state index contributed by atoms with van der Waals surface area (Å²) in [5.74, 6) is 0.736. The lowest BCUT2D eigenvalue weighted by Gasteiger charge is -2.11. The minimum absolute atomic E-state index is 0.0971. The van der Waals surface area contributed by atoms with Gasteiger partial charge in [-0.2, -0.15) is 5.10 Å². The van der Waals surface area contributed by atoms with Gasteiger partial charge in [0.15, 0.2) is 5.76 Å². The molecule has 1 aliphatic carbocycles. The fraction of sp³-hybridized carbons (Fsp3) is 0.429. The first-order valence-electron chi connectivity index (χ1n) is 6.66. The molecule has 1 fully saturated rings. The Labute approximate surface area is 116 Å². The van der Waals surface area contributed by atoms with E-state index in [0.29, 0.717) is 24.6 Å². The number of rotatable bonds is 6. The van der Waals surface area contributed by atoms with Gasteiger partial charge in [-0.05, 0) is 31.0 Å². The summed E-state index contributed by atoms with van der Waals surface area (Å²) in [6.45, 7) is 1.12. The van der Waals surface area contributed by atoms with Gasteiger partial charge in [0.2, 0.25) is 0 Å². The van der Waals surface area contributed by atoms with Gasteiger partial charge >= 0.3 is 0 Å². The van der Waals surface area contributed by atoms with Crippen LogP contribution in [0.1, 0.15) is 29.2 Å². The molecule has 0 aromatic carbocycles. The lowest BCUT2D eigenvalue weighted by Crippen LogP contribution is -2.31. The van der Waals surface area contributed by atoms with E-state index in [4.69, 9.17) is 4.42 Å². The average Bonchev–Trinajstić information content (AvgIpc) is 2.87. The Kier molecular flexibility index (Phi) is 3.31. The van der Waals surface area contributed by atoms with Crippen LogP contribution in [0.25, 0.3) is 0 Å². The highest BCUT2D eigenvalue weighted by Crippen LogP contribution is 2.44. The largest absolute Gasteiger partial charge is 0.454 e. The van der Waals surface area contributed by atoms with E-state index in [9.17, 15) is 9.90 Å². The maximum atomic E-state index is 11.9. The van der Waals surface area contributed by atoms with Crippen LogP contribution in [0.4, 0.5) is 0 Å². The minimum atomic E-state index is -0.239. The Morgan fingerprint density at radius 3 is 3.00 bits per heavy atom. The number of hydrogen-bond acceptors (Lipinski definition) is 4. The predicted octanol–water partition coefficient (Wildman–Crippen LogP) is 1.03. The fourth-order valence-corrected chi connectivity index (χ4v) is 2.06. The molecule has 2 aromatic heterocycles. The number of nitrogens with one attached hydrogen (secondary N) is 1. The Morgan fingerprint density at radius 1 is 1.50 bits per heavy atom. The molecule has 2 aromatic rings. The average molecular weight is 275 g/mol. The number of carbonyl (C=O) groups is 1. The van der Waals surface area contributed by atoms with Crippen molar-refractivity contribution in [1.82, 2.24) is 15.1 Å². The van der Waals surface area contributed by atoms with Crippen molar-refractivity contribution in [3.05, 3.63) is 42.1 Å². The van der Waals surface area contributed by atoms with Gasteiger partial charge in [-0.25, -0.2) is 0 Å². The summed E-state index contributed by atoms with van der Waals surface area (Å²) < 4.78 is 7.23. The molecular formula is C14H17N3O3. The number of amides is 1. The fourth-order valence-electron chi connectivity index (χ4n) is 2.06. The summed E-state index contributed by atoms with van der Waals surface area (Å²) in [5.41, 5.74) is -0.0971. The van der Waals surface area contributed by atoms with E-state index in [0.717, 1.165) is 12.8 Å². The van der Waals surface area contributed by atoms with Gasteiger partial charge in [-0.3, -0.25) is 9.48 Å². The normalized spacial score (nSPS) is 16.1. The first-order valence-corrected chi connectivity index (χ1v) is 6.66. The number of aromatic nitrogens is 2. The molecule has 20 heavy (non-hydrogen) atoms. The number of furan rings is 1. The van der Waals surface area contributed by atoms with E-state index in [1.54, 1.807) is 23.0 Å². The Balaban J connectivity index is 1.57. The third-order valence-electron chi connectivity index (χ3n) is 3.68. The van der Waals surface area contributed by atoms with Gasteiger partial charge in [0.25, 0.3) is 5.91 Å². The third-order valence-corrected chi connectivity index (χ3v) is 3.68. The van der Waals surface area contributed by atoms with E-state index >= 15 is 0 Å². The molecule has 0 atom stereocenters. The van der Waals surface area contributed by atoms with Crippen LogP contribution in [0.3, 0.4) is 0 Å². The molecule has 0 unspecified atom stereocenters. The van der Waals surface area contributed by atoms with E-state index in [1.807, 2.05) is 12.3 Å². The molecule has 1 amide bonds. The Hall–Kier alpha value is -2.08. The summed E-state index contributed by atoms with van der Waals surface area (Å²) in [4.78, 5) is 11.9. The van der Waals surface area contributed by atoms with Crippen molar-refractivity contribution < 1.29 is 14.3 Å². The van der Waals surface area contributed by atoms with Crippen LogP contribution in [0.15, 0.2) is 35.0 Å². The lowest BCUT2D eigenvalue weighted by molar-refractivity contribution is 0.0905. The van der Waals surface area contributed by atoms with Crippen molar-refractivity contribution in [3.63, 3.8) is 0 Å². The van der Waals surface area contributed by atoms with E-state index in [1.165, 1.54) is 0 Å². The molecule has 0 spiro atoms. The zero-order chi connectivity index (χ0) is 14.0. The van der Waals surface area contributed by atoms with E-state index in [2.05, 4.69) is 10.4 Å². The highest BCUT2D eigenvalue weighted by molar-refractivity contribution is 5.91. The maximum Gasteiger partial charge on any atom is 0.287 e. The van der Waals surface area contributed by atoms with Crippen LogP contribution in [-0.2, 0) is 6.54 Å².